The van der Waals surface area contributed by atoms with Crippen molar-refractivity contribution in [2.45, 2.75) is 32.5 Å². The third-order valence-corrected chi connectivity index (χ3v) is 3.99. The van der Waals surface area contributed by atoms with E-state index in [1.54, 1.807) is 23.7 Å². The molecule has 0 spiro atoms. The van der Waals surface area contributed by atoms with Gasteiger partial charge in [0.05, 0.1) is 25.2 Å². The van der Waals surface area contributed by atoms with Crippen molar-refractivity contribution in [1.82, 2.24) is 25.6 Å². The van der Waals surface area contributed by atoms with Crippen LogP contribution >= 0.6 is 11.6 Å². The van der Waals surface area contributed by atoms with Crippen LogP contribution < -0.4 is 10.6 Å². The molecule has 1 unspecified atom stereocenters. The van der Waals surface area contributed by atoms with Crippen LogP contribution in [0.15, 0.2) is 24.3 Å². The zero-order valence-corrected chi connectivity index (χ0v) is 13.3. The molecule has 120 valence electrons. The molecule has 0 saturated carbocycles. The Morgan fingerprint density at radius 1 is 1.52 bits per heavy atom. The highest BCUT2D eigenvalue weighted by Crippen LogP contribution is 2.17. The summed E-state index contributed by atoms with van der Waals surface area (Å²) in [5.41, 5.74) is 2.33. The molecule has 2 aromatic rings. The second-order valence-electron chi connectivity index (χ2n) is 5.40. The maximum atomic E-state index is 12.0. The normalized spacial score (nSPS) is 16.6. The quantitative estimate of drug-likeness (QED) is 0.873. The number of amides is 2. The van der Waals surface area contributed by atoms with Gasteiger partial charge in [0.2, 0.25) is 11.8 Å². The summed E-state index contributed by atoms with van der Waals surface area (Å²) in [6, 6.07) is 6.80. The van der Waals surface area contributed by atoms with E-state index in [9.17, 15) is 9.59 Å². The Bertz CT molecular complexity index is 758. The summed E-state index contributed by atoms with van der Waals surface area (Å²) >= 11 is 5.90. The summed E-state index contributed by atoms with van der Waals surface area (Å²) in [4.78, 5) is 23.6. The van der Waals surface area contributed by atoms with Crippen molar-refractivity contribution in [2.75, 3.05) is 0 Å². The van der Waals surface area contributed by atoms with Crippen molar-refractivity contribution < 1.29 is 9.59 Å². The van der Waals surface area contributed by atoms with Crippen molar-refractivity contribution in [3.8, 4) is 0 Å². The van der Waals surface area contributed by atoms with Gasteiger partial charge in [-0.1, -0.05) is 28.9 Å². The third kappa shape index (κ3) is 3.34. The molecule has 1 atom stereocenters. The van der Waals surface area contributed by atoms with Crippen molar-refractivity contribution in [1.29, 1.82) is 0 Å². The molecule has 2 N–H and O–H groups in total. The van der Waals surface area contributed by atoms with Crippen molar-refractivity contribution in [2.24, 2.45) is 0 Å². The van der Waals surface area contributed by atoms with E-state index in [0.717, 1.165) is 11.3 Å². The fourth-order valence-corrected chi connectivity index (χ4v) is 2.70. The molecule has 0 fully saturated rings. The highest BCUT2D eigenvalue weighted by molar-refractivity contribution is 6.30. The van der Waals surface area contributed by atoms with Crippen LogP contribution in [0.3, 0.4) is 0 Å². The molecule has 8 heteroatoms. The molecule has 1 aromatic heterocycles. The number of nitrogens with zero attached hydrogens (tertiary/aromatic N) is 3. The van der Waals surface area contributed by atoms with E-state index < -0.39 is 0 Å². The number of aromatic nitrogens is 3. The lowest BCUT2D eigenvalue weighted by Crippen LogP contribution is -2.38. The average molecular weight is 334 g/mol. The molecule has 0 radical (unpaired) electrons. The highest BCUT2D eigenvalue weighted by atomic mass is 35.5. The molecule has 1 aliphatic heterocycles. The zero-order valence-electron chi connectivity index (χ0n) is 12.5. The lowest BCUT2D eigenvalue weighted by Gasteiger charge is -2.20. The number of nitrogens with one attached hydrogen (secondary N) is 2. The van der Waals surface area contributed by atoms with E-state index in [4.69, 9.17) is 11.6 Å². The number of carbonyl (C=O) groups is 2. The lowest BCUT2D eigenvalue weighted by atomic mass is 10.1. The maximum Gasteiger partial charge on any atom is 0.244 e. The SMILES string of the molecule is CC1C(=O)NCc2c(CNC(=O)Cc3cccc(Cl)c3)nnn21. The van der Waals surface area contributed by atoms with Gasteiger partial charge in [0.1, 0.15) is 11.7 Å². The van der Waals surface area contributed by atoms with E-state index in [2.05, 4.69) is 20.9 Å². The van der Waals surface area contributed by atoms with Gasteiger partial charge in [-0.2, -0.15) is 0 Å². The largest absolute Gasteiger partial charge is 0.350 e. The molecule has 2 heterocycles. The molecule has 7 nitrogen and oxygen atoms in total. The first-order valence-electron chi connectivity index (χ1n) is 7.26. The Hall–Kier alpha value is -2.41. The van der Waals surface area contributed by atoms with Gasteiger partial charge in [0, 0.05) is 5.02 Å². The van der Waals surface area contributed by atoms with Crippen molar-refractivity contribution in [3.63, 3.8) is 0 Å². The predicted molar refractivity (Wildman–Crippen MR) is 83.6 cm³/mol. The number of halogens is 1. The molecule has 1 aliphatic rings. The fraction of sp³-hybridized carbons (Fsp3) is 0.333. The number of rotatable bonds is 4. The molecule has 1 aromatic carbocycles. The van der Waals surface area contributed by atoms with Crippen LogP contribution in [0.5, 0.6) is 0 Å². The Morgan fingerprint density at radius 2 is 2.35 bits per heavy atom. The van der Waals surface area contributed by atoms with Gasteiger partial charge >= 0.3 is 0 Å². The number of benzene rings is 1. The van der Waals surface area contributed by atoms with E-state index >= 15 is 0 Å². The monoisotopic (exact) mass is 333 g/mol. The standard InChI is InChI=1S/C15H16ClN5O2/c1-9-15(23)18-8-13-12(19-20-21(9)13)7-17-14(22)6-10-3-2-4-11(16)5-10/h2-5,9H,6-8H2,1H3,(H,17,22)(H,18,23). The topological polar surface area (TPSA) is 88.9 Å². The Balaban J connectivity index is 1.62. The summed E-state index contributed by atoms with van der Waals surface area (Å²) in [7, 11) is 0. The van der Waals surface area contributed by atoms with E-state index in [1.807, 2.05) is 12.1 Å². The van der Waals surface area contributed by atoms with Gasteiger partial charge in [0.15, 0.2) is 0 Å². The minimum absolute atomic E-state index is 0.0843. The first-order valence-corrected chi connectivity index (χ1v) is 7.64. The highest BCUT2D eigenvalue weighted by Gasteiger charge is 2.27. The Labute approximate surface area is 138 Å². The number of fused-ring (bicyclic) bond motifs is 1. The fourth-order valence-electron chi connectivity index (χ4n) is 2.48. The van der Waals surface area contributed by atoms with Gasteiger partial charge in [-0.3, -0.25) is 9.59 Å². The number of hydrogen-bond acceptors (Lipinski definition) is 4. The summed E-state index contributed by atoms with van der Waals surface area (Å²) < 4.78 is 1.59. The van der Waals surface area contributed by atoms with E-state index in [-0.39, 0.29) is 30.8 Å². The van der Waals surface area contributed by atoms with Crippen molar-refractivity contribution in [3.05, 3.63) is 46.2 Å². The van der Waals surface area contributed by atoms with E-state index in [1.165, 1.54) is 0 Å². The molecule has 0 bridgehead atoms. The Kier molecular flexibility index (Phi) is 4.29. The van der Waals surface area contributed by atoms with Gasteiger partial charge < -0.3 is 10.6 Å². The summed E-state index contributed by atoms with van der Waals surface area (Å²) in [5.74, 6) is -0.208. The second kappa shape index (κ2) is 6.37. The van der Waals surface area contributed by atoms with Crippen LogP contribution in [0.4, 0.5) is 0 Å². The van der Waals surface area contributed by atoms with Crippen LogP contribution in [0, 0.1) is 0 Å². The zero-order chi connectivity index (χ0) is 16.4. The molecular weight excluding hydrogens is 318 g/mol. The number of hydrogen-bond donors (Lipinski definition) is 2. The van der Waals surface area contributed by atoms with Crippen LogP contribution in [-0.4, -0.2) is 26.8 Å². The maximum absolute atomic E-state index is 12.0. The van der Waals surface area contributed by atoms with Gasteiger partial charge in [0.25, 0.3) is 0 Å². The molecular formula is C15H16ClN5O2. The van der Waals surface area contributed by atoms with Crippen molar-refractivity contribution >= 4 is 23.4 Å². The predicted octanol–water partition coefficient (Wildman–Crippen LogP) is 0.981. The van der Waals surface area contributed by atoms with Crippen LogP contribution in [0.2, 0.25) is 5.02 Å². The molecule has 3 rings (SSSR count). The van der Waals surface area contributed by atoms with Gasteiger partial charge in [-0.05, 0) is 24.6 Å². The van der Waals surface area contributed by atoms with Crippen LogP contribution in [0.25, 0.3) is 0 Å². The summed E-state index contributed by atoms with van der Waals surface area (Å²) in [6.45, 7) is 2.40. The first kappa shape index (κ1) is 15.5. The number of carbonyl (C=O) groups excluding carboxylic acids is 2. The third-order valence-electron chi connectivity index (χ3n) is 3.75. The summed E-state index contributed by atoms with van der Waals surface area (Å²) in [6.07, 6.45) is 0.247. The average Bonchev–Trinajstić information content (AvgIpc) is 2.93. The minimum atomic E-state index is -0.387. The second-order valence-corrected chi connectivity index (χ2v) is 5.84. The summed E-state index contributed by atoms with van der Waals surface area (Å²) in [5, 5.41) is 14.3. The van der Waals surface area contributed by atoms with Crippen LogP contribution in [0.1, 0.15) is 29.9 Å². The van der Waals surface area contributed by atoms with Gasteiger partial charge in [-0.25, -0.2) is 4.68 Å². The molecule has 2 amide bonds. The minimum Gasteiger partial charge on any atom is -0.350 e. The first-order chi connectivity index (χ1) is 11.0. The molecule has 0 saturated heterocycles. The molecule has 23 heavy (non-hydrogen) atoms. The van der Waals surface area contributed by atoms with Gasteiger partial charge in [-0.15, -0.1) is 5.10 Å². The lowest BCUT2D eigenvalue weighted by molar-refractivity contribution is -0.125. The smallest absolute Gasteiger partial charge is 0.244 e. The molecule has 0 aliphatic carbocycles. The van der Waals surface area contributed by atoms with E-state index in [0.29, 0.717) is 17.3 Å². The Morgan fingerprint density at radius 3 is 3.13 bits per heavy atom. The van der Waals surface area contributed by atoms with Crippen LogP contribution in [-0.2, 0) is 29.1 Å².